The molecule has 14 heavy (non-hydrogen) atoms. The number of hydrogen-bond donors (Lipinski definition) is 0. The van der Waals surface area contributed by atoms with Crippen molar-refractivity contribution in [3.63, 3.8) is 0 Å². The topological polar surface area (TPSA) is 58.7 Å². The molecule has 0 spiro atoms. The fourth-order valence-electron chi connectivity index (χ4n) is 1.03. The summed E-state index contributed by atoms with van der Waals surface area (Å²) < 4.78 is 2.20. The van der Waals surface area contributed by atoms with Gasteiger partial charge in [0.25, 0.3) is 5.56 Å². The van der Waals surface area contributed by atoms with E-state index in [1.807, 2.05) is 35.6 Å². The fraction of sp³-hybridized carbons (Fsp3) is 0.444. The van der Waals surface area contributed by atoms with Crippen molar-refractivity contribution in [2.75, 3.05) is 0 Å². The molecule has 4 nitrogen and oxygen atoms in total. The molecule has 0 atom stereocenters. The number of aromatic nitrogens is 2. The van der Waals surface area contributed by atoms with Gasteiger partial charge in [0.1, 0.15) is 0 Å². The lowest BCUT2D eigenvalue weighted by Gasteiger charge is -2.04. The third kappa shape index (κ3) is 2.54. The Morgan fingerprint density at radius 2 is 2.43 bits per heavy atom. The largest absolute Gasteiger partial charge is 0.298 e. The van der Waals surface area contributed by atoms with Gasteiger partial charge in [0.15, 0.2) is 0 Å². The molecule has 1 aromatic heterocycles. The molecule has 5 heteroatoms. The number of nitrogens with zero attached hydrogens (tertiary/aromatic N) is 3. The Bertz CT molecular complexity index is 419. The number of nitriles is 1. The number of aryl methyl sites for hydroxylation is 2. The van der Waals surface area contributed by atoms with Crippen LogP contribution in [0.15, 0.2) is 11.1 Å². The van der Waals surface area contributed by atoms with Crippen molar-refractivity contribution in [1.29, 1.82) is 5.26 Å². The van der Waals surface area contributed by atoms with Crippen LogP contribution in [-0.4, -0.2) is 9.55 Å². The summed E-state index contributed by atoms with van der Waals surface area (Å²) in [5.74, 6) is 0. The normalized spacial score (nSPS) is 9.79. The van der Waals surface area contributed by atoms with E-state index in [4.69, 9.17) is 5.26 Å². The van der Waals surface area contributed by atoms with Crippen molar-refractivity contribution in [1.82, 2.24) is 9.55 Å². The fourth-order valence-corrected chi connectivity index (χ4v) is 1.48. The molecule has 0 aromatic carbocycles. The zero-order valence-corrected chi connectivity index (χ0v) is 9.98. The van der Waals surface area contributed by atoms with Gasteiger partial charge in [0, 0.05) is 13.0 Å². The van der Waals surface area contributed by atoms with E-state index in [2.05, 4.69) is 4.98 Å². The Balaban J connectivity index is 2.85. The first-order valence-corrected chi connectivity index (χ1v) is 5.33. The van der Waals surface area contributed by atoms with Crippen LogP contribution < -0.4 is 5.56 Å². The van der Waals surface area contributed by atoms with E-state index >= 15 is 0 Å². The van der Waals surface area contributed by atoms with Gasteiger partial charge in [-0.05, 0) is 35.9 Å². The zero-order valence-electron chi connectivity index (χ0n) is 7.83. The Kier molecular flexibility index (Phi) is 4.07. The molecule has 74 valence electrons. The number of hydrogen-bond acceptors (Lipinski definition) is 3. The molecule has 1 heterocycles. The Labute approximate surface area is 95.7 Å². The average Bonchev–Trinajstić information content (AvgIpc) is 2.18. The Morgan fingerprint density at radius 3 is 3.07 bits per heavy atom. The molecule has 0 aliphatic heterocycles. The molecule has 0 bridgehead atoms. The SMILES string of the molecule is Cc1ncn(CCCC#N)c(=O)c1I. The summed E-state index contributed by atoms with van der Waals surface area (Å²) in [5, 5.41) is 8.36. The van der Waals surface area contributed by atoms with E-state index < -0.39 is 0 Å². The van der Waals surface area contributed by atoms with Gasteiger partial charge in [-0.1, -0.05) is 0 Å². The second-order valence-corrected chi connectivity index (χ2v) is 3.98. The van der Waals surface area contributed by atoms with Crippen LogP contribution in [0.3, 0.4) is 0 Å². The van der Waals surface area contributed by atoms with Crippen molar-refractivity contribution < 1.29 is 0 Å². The maximum absolute atomic E-state index is 11.6. The van der Waals surface area contributed by atoms with Gasteiger partial charge in [-0.25, -0.2) is 4.98 Å². The van der Waals surface area contributed by atoms with Crippen molar-refractivity contribution in [3.05, 3.63) is 25.9 Å². The summed E-state index contributed by atoms with van der Waals surface area (Å²) in [6, 6.07) is 2.05. The molecule has 0 radical (unpaired) electrons. The standard InChI is InChI=1S/C9H10IN3O/c1-7-8(10)9(14)13(6-12-7)5-3-2-4-11/h6H,2-3,5H2,1H3. The van der Waals surface area contributed by atoms with E-state index in [1.54, 1.807) is 4.57 Å². The van der Waals surface area contributed by atoms with Crippen molar-refractivity contribution in [3.8, 4) is 6.07 Å². The van der Waals surface area contributed by atoms with Gasteiger partial charge >= 0.3 is 0 Å². The monoisotopic (exact) mass is 303 g/mol. The summed E-state index contributed by atoms with van der Waals surface area (Å²) in [7, 11) is 0. The zero-order chi connectivity index (χ0) is 10.6. The van der Waals surface area contributed by atoms with Gasteiger partial charge in [0.2, 0.25) is 0 Å². The second kappa shape index (κ2) is 5.10. The molecule has 0 saturated heterocycles. The van der Waals surface area contributed by atoms with E-state index in [9.17, 15) is 4.79 Å². The van der Waals surface area contributed by atoms with E-state index in [0.29, 0.717) is 23.0 Å². The molecule has 0 aliphatic rings. The van der Waals surface area contributed by atoms with Crippen LogP contribution in [-0.2, 0) is 6.54 Å². The van der Waals surface area contributed by atoms with E-state index in [-0.39, 0.29) is 5.56 Å². The molecule has 0 saturated carbocycles. The summed E-state index contributed by atoms with van der Waals surface area (Å²) >= 11 is 1.99. The maximum atomic E-state index is 11.6. The van der Waals surface area contributed by atoms with Crippen LogP contribution in [0.5, 0.6) is 0 Å². The Morgan fingerprint density at radius 1 is 1.71 bits per heavy atom. The highest BCUT2D eigenvalue weighted by molar-refractivity contribution is 14.1. The summed E-state index contributed by atoms with van der Waals surface area (Å²) in [4.78, 5) is 15.7. The lowest BCUT2D eigenvalue weighted by molar-refractivity contribution is 0.614. The first-order chi connectivity index (χ1) is 6.66. The molecule has 0 N–H and O–H groups in total. The first kappa shape index (κ1) is 11.2. The highest BCUT2D eigenvalue weighted by atomic mass is 127. The lowest BCUT2D eigenvalue weighted by atomic mass is 10.3. The van der Waals surface area contributed by atoms with Crippen LogP contribution in [0.4, 0.5) is 0 Å². The van der Waals surface area contributed by atoms with Gasteiger partial charge in [-0.2, -0.15) is 5.26 Å². The minimum atomic E-state index is -0.0176. The summed E-state index contributed by atoms with van der Waals surface area (Å²) in [5.41, 5.74) is 0.739. The molecule has 0 amide bonds. The second-order valence-electron chi connectivity index (χ2n) is 2.90. The van der Waals surface area contributed by atoms with Crippen molar-refractivity contribution in [2.45, 2.75) is 26.3 Å². The predicted molar refractivity (Wildman–Crippen MR) is 60.8 cm³/mol. The van der Waals surface area contributed by atoms with Crippen LogP contribution >= 0.6 is 22.6 Å². The quantitative estimate of drug-likeness (QED) is 0.627. The maximum Gasteiger partial charge on any atom is 0.266 e. The molecule has 1 rings (SSSR count). The number of halogens is 1. The molecule has 0 aliphatic carbocycles. The molecular weight excluding hydrogens is 293 g/mol. The van der Waals surface area contributed by atoms with Crippen molar-refractivity contribution >= 4 is 22.6 Å². The van der Waals surface area contributed by atoms with Crippen LogP contribution in [0.1, 0.15) is 18.5 Å². The smallest absolute Gasteiger partial charge is 0.266 e. The van der Waals surface area contributed by atoms with E-state index in [0.717, 1.165) is 5.69 Å². The van der Waals surface area contributed by atoms with Crippen LogP contribution in [0.2, 0.25) is 0 Å². The highest BCUT2D eigenvalue weighted by Gasteiger charge is 2.04. The number of rotatable bonds is 3. The van der Waals surface area contributed by atoms with Crippen LogP contribution in [0, 0.1) is 21.8 Å². The molecular formula is C9H10IN3O. The minimum absolute atomic E-state index is 0.0176. The van der Waals surface area contributed by atoms with E-state index in [1.165, 1.54) is 6.33 Å². The molecule has 1 aromatic rings. The third-order valence-electron chi connectivity index (χ3n) is 1.84. The van der Waals surface area contributed by atoms with Crippen LogP contribution in [0.25, 0.3) is 0 Å². The highest BCUT2D eigenvalue weighted by Crippen LogP contribution is 2.01. The van der Waals surface area contributed by atoms with Gasteiger partial charge < -0.3 is 0 Å². The lowest BCUT2D eigenvalue weighted by Crippen LogP contribution is -2.24. The van der Waals surface area contributed by atoms with Gasteiger partial charge in [0.05, 0.1) is 21.7 Å². The Hall–Kier alpha value is -0.900. The van der Waals surface area contributed by atoms with Gasteiger partial charge in [-0.15, -0.1) is 0 Å². The minimum Gasteiger partial charge on any atom is -0.298 e. The first-order valence-electron chi connectivity index (χ1n) is 4.25. The van der Waals surface area contributed by atoms with Crippen molar-refractivity contribution in [2.24, 2.45) is 0 Å². The third-order valence-corrected chi connectivity index (χ3v) is 3.09. The summed E-state index contributed by atoms with van der Waals surface area (Å²) in [6.07, 6.45) is 2.70. The average molecular weight is 303 g/mol. The predicted octanol–water partition coefficient (Wildman–Crippen LogP) is 1.46. The number of unbranched alkanes of at least 4 members (excludes halogenated alkanes) is 1. The molecule has 0 fully saturated rings. The summed E-state index contributed by atoms with van der Waals surface area (Å²) in [6.45, 7) is 2.37. The molecule has 0 unspecified atom stereocenters. The van der Waals surface area contributed by atoms with Gasteiger partial charge in [-0.3, -0.25) is 9.36 Å².